The van der Waals surface area contributed by atoms with E-state index in [1.807, 2.05) is 0 Å². The third-order valence-corrected chi connectivity index (χ3v) is 3.70. The van der Waals surface area contributed by atoms with E-state index in [0.29, 0.717) is 31.0 Å². The molecule has 0 bridgehead atoms. The standard InChI is InChI=1S/C13H24N4O3S2/c1-10(18)14-4-3-13(21)17-9-12(20)16-6-8-22-7-5-15-11(2)19/h3-9H2,1-2H3,(H,14,18)(H,15,19)(H,16,20)(H,17,21). The number of amides is 3. The van der Waals surface area contributed by atoms with Crippen molar-refractivity contribution in [3.8, 4) is 0 Å². The first kappa shape index (κ1) is 20.6. The van der Waals surface area contributed by atoms with E-state index in [1.54, 1.807) is 11.8 Å². The van der Waals surface area contributed by atoms with Gasteiger partial charge in [0.15, 0.2) is 0 Å². The highest BCUT2D eigenvalue weighted by Crippen LogP contribution is 1.95. The zero-order valence-corrected chi connectivity index (χ0v) is 14.6. The van der Waals surface area contributed by atoms with Gasteiger partial charge >= 0.3 is 0 Å². The van der Waals surface area contributed by atoms with Gasteiger partial charge in [-0.3, -0.25) is 14.4 Å². The Balaban J connectivity index is 3.44. The van der Waals surface area contributed by atoms with Crippen LogP contribution in [0.5, 0.6) is 0 Å². The molecule has 0 fully saturated rings. The van der Waals surface area contributed by atoms with Gasteiger partial charge in [0.25, 0.3) is 0 Å². The van der Waals surface area contributed by atoms with Crippen LogP contribution in [0.15, 0.2) is 0 Å². The van der Waals surface area contributed by atoms with Crippen LogP contribution in [0.3, 0.4) is 0 Å². The third-order valence-electron chi connectivity index (χ3n) is 2.36. The molecule has 9 heteroatoms. The molecule has 0 saturated heterocycles. The monoisotopic (exact) mass is 348 g/mol. The van der Waals surface area contributed by atoms with Gasteiger partial charge in [0.1, 0.15) is 0 Å². The van der Waals surface area contributed by atoms with Crippen molar-refractivity contribution >= 4 is 46.7 Å². The summed E-state index contributed by atoms with van der Waals surface area (Å²) in [6, 6.07) is 0. The molecule has 126 valence electrons. The summed E-state index contributed by atoms with van der Waals surface area (Å²) in [5.74, 6) is 1.36. The fourth-order valence-electron chi connectivity index (χ4n) is 1.35. The van der Waals surface area contributed by atoms with E-state index in [9.17, 15) is 14.4 Å². The molecule has 0 unspecified atom stereocenters. The largest absolute Gasteiger partial charge is 0.371 e. The molecule has 4 N–H and O–H groups in total. The average Bonchev–Trinajstić information content (AvgIpc) is 2.43. The number of rotatable bonds is 11. The lowest BCUT2D eigenvalue weighted by Crippen LogP contribution is -2.38. The summed E-state index contributed by atoms with van der Waals surface area (Å²) in [6.07, 6.45) is 0.515. The van der Waals surface area contributed by atoms with Crippen LogP contribution in [0.4, 0.5) is 0 Å². The van der Waals surface area contributed by atoms with Crippen LogP contribution in [0.25, 0.3) is 0 Å². The molecule has 3 amide bonds. The maximum atomic E-state index is 11.5. The van der Waals surface area contributed by atoms with E-state index in [0.717, 1.165) is 11.5 Å². The van der Waals surface area contributed by atoms with E-state index in [2.05, 4.69) is 21.3 Å². The first-order chi connectivity index (χ1) is 10.4. The summed E-state index contributed by atoms with van der Waals surface area (Å²) in [5.41, 5.74) is 0. The molecule has 0 radical (unpaired) electrons. The fourth-order valence-corrected chi connectivity index (χ4v) is 2.22. The molecular weight excluding hydrogens is 324 g/mol. The van der Waals surface area contributed by atoms with E-state index in [-0.39, 0.29) is 24.3 Å². The van der Waals surface area contributed by atoms with Gasteiger partial charge in [0, 0.05) is 51.4 Å². The molecule has 0 heterocycles. The Morgan fingerprint density at radius 3 is 2.00 bits per heavy atom. The number of hydrogen-bond donors (Lipinski definition) is 4. The van der Waals surface area contributed by atoms with Crippen molar-refractivity contribution < 1.29 is 14.4 Å². The highest BCUT2D eigenvalue weighted by atomic mass is 32.2. The van der Waals surface area contributed by atoms with Crippen LogP contribution in [0.2, 0.25) is 0 Å². The Labute approximate surface area is 140 Å². The fraction of sp³-hybridized carbons (Fsp3) is 0.692. The second-order valence-electron chi connectivity index (χ2n) is 4.45. The summed E-state index contributed by atoms with van der Waals surface area (Å²) in [7, 11) is 0. The van der Waals surface area contributed by atoms with Crippen molar-refractivity contribution in [1.29, 1.82) is 0 Å². The summed E-state index contributed by atoms with van der Waals surface area (Å²) in [4.78, 5) is 33.4. The molecule has 0 aromatic rings. The molecule has 0 spiro atoms. The van der Waals surface area contributed by atoms with Crippen molar-refractivity contribution in [2.45, 2.75) is 20.3 Å². The number of carbonyl (C=O) groups excluding carboxylic acids is 3. The Bertz CT molecular complexity index is 391. The van der Waals surface area contributed by atoms with Crippen LogP contribution >= 0.6 is 24.0 Å². The van der Waals surface area contributed by atoms with E-state index < -0.39 is 0 Å². The quantitative estimate of drug-likeness (QED) is 0.294. The predicted molar refractivity (Wildman–Crippen MR) is 92.9 cm³/mol. The van der Waals surface area contributed by atoms with Gasteiger partial charge in [-0.15, -0.1) is 0 Å². The normalized spacial score (nSPS) is 9.73. The van der Waals surface area contributed by atoms with Gasteiger partial charge < -0.3 is 21.3 Å². The predicted octanol–water partition coefficient (Wildman–Crippen LogP) is -0.585. The second kappa shape index (κ2) is 13.3. The molecule has 0 saturated carbocycles. The van der Waals surface area contributed by atoms with Gasteiger partial charge in [-0.2, -0.15) is 11.8 Å². The molecule has 0 aliphatic carbocycles. The van der Waals surface area contributed by atoms with Crippen molar-refractivity contribution in [3.63, 3.8) is 0 Å². The van der Waals surface area contributed by atoms with Gasteiger partial charge in [-0.05, 0) is 0 Å². The Kier molecular flexibility index (Phi) is 12.5. The van der Waals surface area contributed by atoms with Crippen molar-refractivity contribution in [3.05, 3.63) is 0 Å². The molecule has 0 rings (SSSR count). The average molecular weight is 348 g/mol. The van der Waals surface area contributed by atoms with E-state index in [1.165, 1.54) is 13.8 Å². The molecule has 0 atom stereocenters. The summed E-state index contributed by atoms with van der Waals surface area (Å²) >= 11 is 6.71. The van der Waals surface area contributed by atoms with Gasteiger partial charge in [0.05, 0.1) is 11.5 Å². The zero-order chi connectivity index (χ0) is 16.8. The lowest BCUT2D eigenvalue weighted by atomic mass is 10.4. The molecule has 0 aliphatic rings. The molecular formula is C13H24N4O3S2. The summed E-state index contributed by atoms with van der Waals surface area (Å²) in [6.45, 7) is 4.74. The Hall–Kier alpha value is -1.35. The van der Waals surface area contributed by atoms with Crippen LogP contribution < -0.4 is 21.3 Å². The highest BCUT2D eigenvalue weighted by molar-refractivity contribution is 7.99. The van der Waals surface area contributed by atoms with Crippen LogP contribution in [0.1, 0.15) is 20.3 Å². The second-order valence-corrected chi connectivity index (χ2v) is 6.17. The van der Waals surface area contributed by atoms with Gasteiger partial charge in [-0.25, -0.2) is 0 Å². The number of thiocarbonyl (C=S) groups is 1. The Morgan fingerprint density at radius 2 is 1.41 bits per heavy atom. The molecule has 7 nitrogen and oxygen atoms in total. The first-order valence-electron chi connectivity index (χ1n) is 7.02. The van der Waals surface area contributed by atoms with E-state index >= 15 is 0 Å². The van der Waals surface area contributed by atoms with Gasteiger partial charge in [0.2, 0.25) is 17.7 Å². The first-order valence-corrected chi connectivity index (χ1v) is 8.58. The van der Waals surface area contributed by atoms with Crippen LogP contribution in [0, 0.1) is 0 Å². The molecule has 0 aliphatic heterocycles. The minimum atomic E-state index is -0.121. The van der Waals surface area contributed by atoms with Crippen molar-refractivity contribution in [2.24, 2.45) is 0 Å². The number of thioether (sulfide) groups is 1. The summed E-state index contributed by atoms with van der Waals surface area (Å²) < 4.78 is 0. The minimum absolute atomic E-state index is 0.0329. The topological polar surface area (TPSA) is 99.3 Å². The molecule has 0 aromatic heterocycles. The minimum Gasteiger partial charge on any atom is -0.371 e. The SMILES string of the molecule is CC(=O)NCCSCCNC(=O)CNC(=S)CCNC(C)=O. The van der Waals surface area contributed by atoms with Crippen molar-refractivity contribution in [2.75, 3.05) is 37.7 Å². The van der Waals surface area contributed by atoms with E-state index in [4.69, 9.17) is 12.2 Å². The maximum absolute atomic E-state index is 11.5. The Morgan fingerprint density at radius 1 is 0.864 bits per heavy atom. The maximum Gasteiger partial charge on any atom is 0.239 e. The van der Waals surface area contributed by atoms with Gasteiger partial charge in [-0.1, -0.05) is 12.2 Å². The molecule has 0 aromatic carbocycles. The lowest BCUT2D eigenvalue weighted by Gasteiger charge is -2.09. The number of carbonyl (C=O) groups is 3. The summed E-state index contributed by atoms with van der Waals surface area (Å²) in [5, 5.41) is 11.0. The van der Waals surface area contributed by atoms with Crippen LogP contribution in [-0.2, 0) is 14.4 Å². The lowest BCUT2D eigenvalue weighted by molar-refractivity contribution is -0.120. The number of nitrogens with one attached hydrogen (secondary N) is 4. The third kappa shape index (κ3) is 15.0. The number of hydrogen-bond acceptors (Lipinski definition) is 5. The zero-order valence-electron chi connectivity index (χ0n) is 13.0. The van der Waals surface area contributed by atoms with Crippen LogP contribution in [-0.4, -0.2) is 60.4 Å². The smallest absolute Gasteiger partial charge is 0.239 e. The van der Waals surface area contributed by atoms with Crippen molar-refractivity contribution in [1.82, 2.24) is 21.3 Å². The highest BCUT2D eigenvalue weighted by Gasteiger charge is 2.02. The molecule has 22 heavy (non-hydrogen) atoms.